The van der Waals surface area contributed by atoms with Gasteiger partial charge in [0.25, 0.3) is 11.6 Å². The Morgan fingerprint density at radius 3 is 2.77 bits per heavy atom. The van der Waals surface area contributed by atoms with Crippen LogP contribution in [-0.2, 0) is 0 Å². The summed E-state index contributed by atoms with van der Waals surface area (Å²) in [6.45, 7) is 0. The molecule has 0 bridgehead atoms. The predicted octanol–water partition coefficient (Wildman–Crippen LogP) is 2.83. The summed E-state index contributed by atoms with van der Waals surface area (Å²) in [6.07, 6.45) is 0. The lowest BCUT2D eigenvalue weighted by Gasteiger charge is -2.13. The van der Waals surface area contributed by atoms with E-state index >= 15 is 0 Å². The molecule has 0 radical (unpaired) electrons. The Balaban J connectivity index is 1.89. The Hall–Kier alpha value is -3.68. The molecule has 8 heteroatoms. The second kappa shape index (κ2) is 5.99. The molecule has 3 aromatic rings. The van der Waals surface area contributed by atoms with Crippen LogP contribution in [0.25, 0.3) is 11.3 Å². The Morgan fingerprint density at radius 1 is 1.19 bits per heavy atom. The Kier molecular flexibility index (Phi) is 3.65. The summed E-state index contributed by atoms with van der Waals surface area (Å²) in [6, 6.07) is 13.0. The zero-order valence-corrected chi connectivity index (χ0v) is 13.7. The average Bonchev–Trinajstić information content (AvgIpc) is 3.23. The van der Waals surface area contributed by atoms with Crippen molar-refractivity contribution in [2.45, 2.75) is 6.04 Å². The van der Waals surface area contributed by atoms with E-state index < -0.39 is 11.0 Å². The number of amides is 1. The maximum atomic E-state index is 12.3. The number of hydrogen-bond donors (Lipinski definition) is 2. The van der Waals surface area contributed by atoms with Crippen LogP contribution < -0.4 is 10.1 Å². The number of methoxy groups -OCH3 is 1. The number of nitro groups is 1. The van der Waals surface area contributed by atoms with Crippen LogP contribution in [0, 0.1) is 10.1 Å². The molecule has 2 heterocycles. The van der Waals surface area contributed by atoms with Crippen LogP contribution in [0.5, 0.6) is 5.75 Å². The Labute approximate surface area is 148 Å². The van der Waals surface area contributed by atoms with Gasteiger partial charge in [-0.15, -0.1) is 0 Å². The Bertz CT molecular complexity index is 1030. The molecule has 1 amide bonds. The smallest absolute Gasteiger partial charge is 0.275 e. The van der Waals surface area contributed by atoms with Crippen molar-refractivity contribution >= 4 is 11.6 Å². The van der Waals surface area contributed by atoms with Crippen LogP contribution in [0.4, 0.5) is 5.69 Å². The number of para-hydroxylation sites is 1. The highest BCUT2D eigenvalue weighted by Gasteiger charge is 2.38. The number of ether oxygens (including phenoxy) is 1. The summed E-state index contributed by atoms with van der Waals surface area (Å²) in [5.41, 5.74) is 2.57. The monoisotopic (exact) mass is 350 g/mol. The summed E-state index contributed by atoms with van der Waals surface area (Å²) in [5.74, 6) is 0.309. The predicted molar refractivity (Wildman–Crippen MR) is 93.0 cm³/mol. The fourth-order valence-corrected chi connectivity index (χ4v) is 3.20. The Morgan fingerprint density at radius 2 is 2.00 bits per heavy atom. The maximum Gasteiger partial charge on any atom is 0.275 e. The number of nitro benzene ring substituents is 1. The molecule has 26 heavy (non-hydrogen) atoms. The third-order valence-corrected chi connectivity index (χ3v) is 4.38. The van der Waals surface area contributed by atoms with E-state index in [0.29, 0.717) is 28.3 Å². The molecule has 1 aliphatic rings. The van der Waals surface area contributed by atoms with E-state index in [1.165, 1.54) is 6.07 Å². The van der Waals surface area contributed by atoms with Crippen LogP contribution >= 0.6 is 0 Å². The molecule has 2 aromatic carbocycles. The topological polar surface area (TPSA) is 110 Å². The van der Waals surface area contributed by atoms with Crippen molar-refractivity contribution in [3.63, 3.8) is 0 Å². The first kappa shape index (κ1) is 15.8. The number of hydrogen-bond acceptors (Lipinski definition) is 5. The number of benzene rings is 2. The highest BCUT2D eigenvalue weighted by Crippen LogP contribution is 2.40. The fourth-order valence-electron chi connectivity index (χ4n) is 3.20. The number of carbonyl (C=O) groups is 1. The van der Waals surface area contributed by atoms with Crippen LogP contribution in [0.2, 0.25) is 0 Å². The van der Waals surface area contributed by atoms with Crippen molar-refractivity contribution < 1.29 is 14.5 Å². The lowest BCUT2D eigenvalue weighted by Crippen LogP contribution is -2.21. The number of aromatic nitrogens is 2. The van der Waals surface area contributed by atoms with E-state index in [2.05, 4.69) is 15.5 Å². The first-order chi connectivity index (χ1) is 12.6. The molecule has 8 nitrogen and oxygen atoms in total. The molecule has 0 unspecified atom stereocenters. The fraction of sp³-hybridized carbons (Fsp3) is 0.111. The molecule has 0 fully saturated rings. The number of nitrogens with zero attached hydrogens (tertiary/aromatic N) is 2. The molecule has 0 aliphatic carbocycles. The number of aromatic amines is 1. The summed E-state index contributed by atoms with van der Waals surface area (Å²) in [4.78, 5) is 23.3. The van der Waals surface area contributed by atoms with Crippen LogP contribution in [0.1, 0.15) is 27.7 Å². The number of H-pyrrole nitrogens is 1. The minimum Gasteiger partial charge on any atom is -0.497 e. The lowest BCUT2D eigenvalue weighted by molar-refractivity contribution is -0.385. The van der Waals surface area contributed by atoms with Crippen molar-refractivity contribution in [1.29, 1.82) is 0 Å². The van der Waals surface area contributed by atoms with Gasteiger partial charge in [-0.1, -0.05) is 24.3 Å². The van der Waals surface area contributed by atoms with Gasteiger partial charge in [-0.05, 0) is 18.2 Å². The van der Waals surface area contributed by atoms with Gasteiger partial charge in [0.05, 0.1) is 29.3 Å². The molecule has 0 saturated heterocycles. The van der Waals surface area contributed by atoms with E-state index in [1.807, 2.05) is 12.1 Å². The standard InChI is InChI=1S/C18H14N4O4/c1-26-11-6-4-5-10(9-11)15-14-16(19-18(23)17(14)21-20-15)12-7-2-3-8-13(12)22(24)25/h2-9,16H,1H3,(H,19,23)(H,20,21)/t16-/m0/s1. The summed E-state index contributed by atoms with van der Waals surface area (Å²) in [7, 11) is 1.56. The summed E-state index contributed by atoms with van der Waals surface area (Å²) in [5, 5.41) is 21.2. The summed E-state index contributed by atoms with van der Waals surface area (Å²) < 4.78 is 5.25. The number of rotatable bonds is 4. The minimum atomic E-state index is -0.654. The molecular weight excluding hydrogens is 336 g/mol. The van der Waals surface area contributed by atoms with Crippen LogP contribution in [0.3, 0.4) is 0 Å². The van der Waals surface area contributed by atoms with Gasteiger partial charge in [0.2, 0.25) is 0 Å². The van der Waals surface area contributed by atoms with Gasteiger partial charge in [0.15, 0.2) is 0 Å². The van der Waals surface area contributed by atoms with Gasteiger partial charge in [-0.2, -0.15) is 5.10 Å². The van der Waals surface area contributed by atoms with Gasteiger partial charge < -0.3 is 10.1 Å². The third-order valence-electron chi connectivity index (χ3n) is 4.38. The van der Waals surface area contributed by atoms with E-state index in [4.69, 9.17) is 4.74 Å². The van der Waals surface area contributed by atoms with Gasteiger partial charge in [0, 0.05) is 17.2 Å². The van der Waals surface area contributed by atoms with Crippen LogP contribution in [-0.4, -0.2) is 28.1 Å². The first-order valence-electron chi connectivity index (χ1n) is 7.87. The largest absolute Gasteiger partial charge is 0.497 e. The number of fused-ring (bicyclic) bond motifs is 1. The molecule has 1 aromatic heterocycles. The SMILES string of the molecule is COc1cccc(-c2n[nH]c3c2[C@H](c2ccccc2[N+](=O)[O-])NC3=O)c1. The summed E-state index contributed by atoms with van der Waals surface area (Å²) >= 11 is 0. The minimum absolute atomic E-state index is 0.0524. The highest BCUT2D eigenvalue weighted by molar-refractivity contribution is 6.00. The van der Waals surface area contributed by atoms with Crippen molar-refractivity contribution in [2.75, 3.05) is 7.11 Å². The van der Waals surface area contributed by atoms with Gasteiger partial charge in [-0.25, -0.2) is 0 Å². The molecule has 4 rings (SSSR count). The molecule has 2 N–H and O–H groups in total. The molecular formula is C18H14N4O4. The van der Waals surface area contributed by atoms with E-state index in [1.54, 1.807) is 37.4 Å². The van der Waals surface area contributed by atoms with Gasteiger partial charge in [0.1, 0.15) is 11.4 Å². The molecule has 130 valence electrons. The molecule has 1 aliphatic heterocycles. The molecule has 0 spiro atoms. The third kappa shape index (κ3) is 2.39. The average molecular weight is 350 g/mol. The number of nitrogens with one attached hydrogen (secondary N) is 2. The highest BCUT2D eigenvalue weighted by atomic mass is 16.6. The van der Waals surface area contributed by atoms with Gasteiger partial charge >= 0.3 is 0 Å². The van der Waals surface area contributed by atoms with Gasteiger partial charge in [-0.3, -0.25) is 20.0 Å². The van der Waals surface area contributed by atoms with E-state index in [-0.39, 0.29) is 11.6 Å². The van der Waals surface area contributed by atoms with Crippen molar-refractivity contribution in [2.24, 2.45) is 0 Å². The second-order valence-corrected chi connectivity index (χ2v) is 5.82. The normalized spacial score (nSPS) is 15.4. The van der Waals surface area contributed by atoms with Crippen LogP contribution in [0.15, 0.2) is 48.5 Å². The zero-order chi connectivity index (χ0) is 18.3. The maximum absolute atomic E-state index is 12.3. The quantitative estimate of drug-likeness (QED) is 0.555. The zero-order valence-electron chi connectivity index (χ0n) is 13.7. The number of carbonyl (C=O) groups excluding carboxylic acids is 1. The molecule has 0 saturated carbocycles. The van der Waals surface area contributed by atoms with Crippen molar-refractivity contribution in [3.8, 4) is 17.0 Å². The second-order valence-electron chi connectivity index (χ2n) is 5.82. The first-order valence-corrected chi connectivity index (χ1v) is 7.87. The molecule has 1 atom stereocenters. The van der Waals surface area contributed by atoms with Crippen molar-refractivity contribution in [1.82, 2.24) is 15.5 Å². The van der Waals surface area contributed by atoms with E-state index in [0.717, 1.165) is 5.56 Å². The van der Waals surface area contributed by atoms with Crippen molar-refractivity contribution in [3.05, 3.63) is 75.5 Å². The van der Waals surface area contributed by atoms with E-state index in [9.17, 15) is 14.9 Å². The lowest BCUT2D eigenvalue weighted by atomic mass is 9.95.